The molecule has 0 saturated heterocycles. The van der Waals surface area contributed by atoms with Gasteiger partial charge in [-0.15, -0.1) is 11.8 Å². The summed E-state index contributed by atoms with van der Waals surface area (Å²) < 4.78 is 1.12. The maximum atomic E-state index is 4.43. The highest BCUT2D eigenvalue weighted by Gasteiger charge is 2.19. The van der Waals surface area contributed by atoms with Crippen LogP contribution in [0.4, 0.5) is 0 Å². The van der Waals surface area contributed by atoms with Crippen LogP contribution in [-0.2, 0) is 12.3 Å². The number of thioether (sulfide) groups is 1. The summed E-state index contributed by atoms with van der Waals surface area (Å²) in [6, 6.07) is 8.94. The lowest BCUT2D eigenvalue weighted by Crippen LogP contribution is -2.15. The molecular formula is C15H16BrN3S. The smallest absolute Gasteiger partial charge is 0.138 e. The molecule has 2 aromatic rings. The predicted octanol–water partition coefficient (Wildman–Crippen LogP) is 3.78. The number of nitrogens with one attached hydrogen (secondary N) is 1. The van der Waals surface area contributed by atoms with Crippen molar-refractivity contribution in [2.75, 3.05) is 0 Å². The van der Waals surface area contributed by atoms with E-state index in [0.29, 0.717) is 0 Å². The van der Waals surface area contributed by atoms with E-state index in [2.05, 4.69) is 43.3 Å². The Morgan fingerprint density at radius 3 is 2.65 bits per heavy atom. The molecule has 5 heteroatoms. The molecule has 0 bridgehead atoms. The molecule has 0 spiro atoms. The van der Waals surface area contributed by atoms with Gasteiger partial charge in [0.1, 0.15) is 5.82 Å². The van der Waals surface area contributed by atoms with Crippen LogP contribution in [-0.4, -0.2) is 16.0 Å². The number of aromatic nitrogens is 2. The lowest BCUT2D eigenvalue weighted by atomic mass is 10.3. The van der Waals surface area contributed by atoms with Crippen LogP contribution in [0.2, 0.25) is 0 Å². The Hall–Kier alpha value is -0.910. The average Bonchev–Trinajstić information content (AvgIpc) is 3.30. The maximum Gasteiger partial charge on any atom is 0.138 e. The van der Waals surface area contributed by atoms with Crippen molar-refractivity contribution in [1.82, 2.24) is 15.3 Å². The molecule has 1 aromatic carbocycles. The lowest BCUT2D eigenvalue weighted by molar-refractivity contribution is 0.682. The highest BCUT2D eigenvalue weighted by Crippen LogP contribution is 2.28. The van der Waals surface area contributed by atoms with Gasteiger partial charge >= 0.3 is 0 Å². The zero-order valence-corrected chi connectivity index (χ0v) is 13.5. The Morgan fingerprint density at radius 2 is 1.95 bits per heavy atom. The number of nitrogens with zero attached hydrogens (tertiary/aromatic N) is 2. The van der Waals surface area contributed by atoms with Gasteiger partial charge in [0.25, 0.3) is 0 Å². The van der Waals surface area contributed by atoms with E-state index in [0.717, 1.165) is 34.2 Å². The van der Waals surface area contributed by atoms with E-state index in [4.69, 9.17) is 0 Å². The molecule has 1 N–H and O–H groups in total. The lowest BCUT2D eigenvalue weighted by Gasteiger charge is -2.05. The fourth-order valence-electron chi connectivity index (χ4n) is 1.80. The largest absolute Gasteiger partial charge is 0.310 e. The van der Waals surface area contributed by atoms with Crippen LogP contribution >= 0.6 is 27.7 Å². The van der Waals surface area contributed by atoms with E-state index in [1.807, 2.05) is 24.5 Å². The standard InChI is InChI=1S/C15H16BrN3S/c16-13-3-1-2-4-14(13)20-10-15-18-8-11(9-19-15)7-17-12-5-6-12/h1-4,8-9,12,17H,5-7,10H2. The molecule has 0 atom stereocenters. The van der Waals surface area contributed by atoms with Gasteiger partial charge < -0.3 is 5.32 Å². The Bertz CT molecular complexity index is 570. The van der Waals surface area contributed by atoms with Crippen molar-refractivity contribution < 1.29 is 0 Å². The summed E-state index contributed by atoms with van der Waals surface area (Å²) in [7, 11) is 0. The Kier molecular flexibility index (Phi) is 4.70. The molecule has 104 valence electrons. The molecule has 0 unspecified atom stereocenters. The third-order valence-corrected chi connectivity index (χ3v) is 5.15. The van der Waals surface area contributed by atoms with E-state index < -0.39 is 0 Å². The molecule has 3 rings (SSSR count). The zero-order chi connectivity index (χ0) is 13.8. The van der Waals surface area contributed by atoms with Gasteiger partial charge in [-0.25, -0.2) is 9.97 Å². The van der Waals surface area contributed by atoms with Crippen molar-refractivity contribution in [3.63, 3.8) is 0 Å². The predicted molar refractivity (Wildman–Crippen MR) is 85.6 cm³/mol. The number of halogens is 1. The molecule has 1 aliphatic carbocycles. The van der Waals surface area contributed by atoms with Gasteiger partial charge in [-0.3, -0.25) is 0 Å². The summed E-state index contributed by atoms with van der Waals surface area (Å²) in [5.41, 5.74) is 1.16. The van der Waals surface area contributed by atoms with Gasteiger partial charge in [-0.1, -0.05) is 12.1 Å². The second-order valence-corrected chi connectivity index (χ2v) is 6.75. The fraction of sp³-hybridized carbons (Fsp3) is 0.333. The molecule has 1 aromatic heterocycles. The van der Waals surface area contributed by atoms with Crippen LogP contribution in [0.1, 0.15) is 24.2 Å². The van der Waals surface area contributed by atoms with Gasteiger partial charge in [0.05, 0.1) is 5.75 Å². The highest BCUT2D eigenvalue weighted by atomic mass is 79.9. The second-order valence-electron chi connectivity index (χ2n) is 4.88. The first-order valence-corrected chi connectivity index (χ1v) is 8.49. The first-order chi connectivity index (χ1) is 9.81. The quantitative estimate of drug-likeness (QED) is 0.805. The SMILES string of the molecule is Brc1ccccc1SCc1ncc(CNC2CC2)cn1. The van der Waals surface area contributed by atoms with Gasteiger partial charge in [0.15, 0.2) is 0 Å². The Labute approximate surface area is 131 Å². The number of rotatable bonds is 6. The minimum Gasteiger partial charge on any atom is -0.310 e. The van der Waals surface area contributed by atoms with Crippen LogP contribution in [0.3, 0.4) is 0 Å². The van der Waals surface area contributed by atoms with Crippen LogP contribution in [0.15, 0.2) is 46.0 Å². The molecule has 0 aliphatic heterocycles. The summed E-state index contributed by atoms with van der Waals surface area (Å²) in [5, 5.41) is 3.47. The normalized spacial score (nSPS) is 14.4. The molecule has 1 saturated carbocycles. The number of hydrogen-bond donors (Lipinski definition) is 1. The zero-order valence-electron chi connectivity index (χ0n) is 11.1. The molecule has 20 heavy (non-hydrogen) atoms. The molecule has 1 aliphatic rings. The molecule has 1 heterocycles. The van der Waals surface area contributed by atoms with E-state index in [-0.39, 0.29) is 0 Å². The van der Waals surface area contributed by atoms with Crippen LogP contribution in [0, 0.1) is 0 Å². The maximum absolute atomic E-state index is 4.43. The minimum absolute atomic E-state index is 0.723. The van der Waals surface area contributed by atoms with Crippen molar-refractivity contribution >= 4 is 27.7 Å². The average molecular weight is 350 g/mol. The van der Waals surface area contributed by atoms with Crippen molar-refractivity contribution in [3.05, 3.63) is 52.5 Å². The summed E-state index contributed by atoms with van der Waals surface area (Å²) in [6.45, 7) is 0.877. The molecule has 0 radical (unpaired) electrons. The third-order valence-electron chi connectivity index (χ3n) is 3.12. The van der Waals surface area contributed by atoms with Gasteiger partial charge in [0.2, 0.25) is 0 Å². The first-order valence-electron chi connectivity index (χ1n) is 6.72. The topological polar surface area (TPSA) is 37.8 Å². The highest BCUT2D eigenvalue weighted by molar-refractivity contribution is 9.10. The minimum atomic E-state index is 0.723. The van der Waals surface area contributed by atoms with Gasteiger partial charge in [0, 0.05) is 39.9 Å². The van der Waals surface area contributed by atoms with Crippen molar-refractivity contribution in [1.29, 1.82) is 0 Å². The van der Waals surface area contributed by atoms with E-state index >= 15 is 0 Å². The summed E-state index contributed by atoms with van der Waals surface area (Å²) in [4.78, 5) is 10.1. The second kappa shape index (κ2) is 6.70. The third kappa shape index (κ3) is 4.04. The van der Waals surface area contributed by atoms with Crippen LogP contribution in [0.5, 0.6) is 0 Å². The Morgan fingerprint density at radius 1 is 1.20 bits per heavy atom. The monoisotopic (exact) mass is 349 g/mol. The molecular weight excluding hydrogens is 334 g/mol. The van der Waals surface area contributed by atoms with E-state index in [9.17, 15) is 0 Å². The van der Waals surface area contributed by atoms with Gasteiger partial charge in [-0.2, -0.15) is 0 Å². The van der Waals surface area contributed by atoms with Gasteiger partial charge in [-0.05, 0) is 40.9 Å². The molecule has 3 nitrogen and oxygen atoms in total. The fourth-order valence-corrected chi connectivity index (χ4v) is 3.24. The van der Waals surface area contributed by atoms with E-state index in [1.165, 1.54) is 17.7 Å². The van der Waals surface area contributed by atoms with Crippen molar-refractivity contribution in [3.8, 4) is 0 Å². The molecule has 0 amide bonds. The molecule has 1 fully saturated rings. The Balaban J connectivity index is 1.53. The number of hydrogen-bond acceptors (Lipinski definition) is 4. The first kappa shape index (κ1) is 14.0. The summed E-state index contributed by atoms with van der Waals surface area (Å²) in [6.07, 6.45) is 6.47. The summed E-state index contributed by atoms with van der Waals surface area (Å²) in [5.74, 6) is 1.67. The summed E-state index contributed by atoms with van der Waals surface area (Å²) >= 11 is 5.30. The van der Waals surface area contributed by atoms with Crippen molar-refractivity contribution in [2.45, 2.75) is 36.1 Å². The van der Waals surface area contributed by atoms with Crippen LogP contribution in [0.25, 0.3) is 0 Å². The van der Waals surface area contributed by atoms with Crippen molar-refractivity contribution in [2.24, 2.45) is 0 Å². The van der Waals surface area contributed by atoms with E-state index in [1.54, 1.807) is 11.8 Å². The number of benzene rings is 1. The van der Waals surface area contributed by atoms with Crippen LogP contribution < -0.4 is 5.32 Å².